The molecule has 0 spiro atoms. The number of allylic oxidation sites excluding steroid dienone is 1. The summed E-state index contributed by atoms with van der Waals surface area (Å²) in [6, 6.07) is 22.4. The Morgan fingerprint density at radius 2 is 1.79 bits per heavy atom. The van der Waals surface area contributed by atoms with E-state index in [4.69, 9.17) is 9.47 Å². The first-order chi connectivity index (χ1) is 16.1. The van der Waals surface area contributed by atoms with Gasteiger partial charge in [-0.15, -0.1) is 0 Å². The number of aromatic nitrogens is 1. The van der Waals surface area contributed by atoms with Gasteiger partial charge in [0.15, 0.2) is 5.76 Å². The lowest BCUT2D eigenvalue weighted by Crippen LogP contribution is -2.34. The maximum Gasteiger partial charge on any atom is 0.231 e. The Balaban J connectivity index is 1.35. The van der Waals surface area contributed by atoms with E-state index in [9.17, 15) is 4.79 Å². The van der Waals surface area contributed by atoms with Crippen molar-refractivity contribution >= 4 is 22.8 Å². The average molecular weight is 437 g/mol. The number of ketones is 1. The molecule has 3 aromatic carbocycles. The van der Waals surface area contributed by atoms with E-state index >= 15 is 0 Å². The molecule has 0 N–H and O–H groups in total. The molecule has 0 aliphatic carbocycles. The zero-order valence-corrected chi connectivity index (χ0v) is 18.6. The number of Topliss-reactive ketones (excluding diaryl/α,β-unsaturated/α-hetero) is 1. The Morgan fingerprint density at radius 1 is 1.00 bits per heavy atom. The van der Waals surface area contributed by atoms with Crippen molar-refractivity contribution in [2.75, 3.05) is 6.73 Å². The minimum Gasteiger partial charge on any atom is -0.478 e. The molecular weight excluding hydrogens is 412 g/mol. The molecule has 164 valence electrons. The predicted molar refractivity (Wildman–Crippen MR) is 128 cm³/mol. The third-order valence-electron chi connectivity index (χ3n) is 6.69. The molecule has 1 unspecified atom stereocenters. The van der Waals surface area contributed by atoms with Crippen molar-refractivity contribution < 1.29 is 14.3 Å². The van der Waals surface area contributed by atoms with E-state index < -0.39 is 0 Å². The van der Waals surface area contributed by atoms with Crippen molar-refractivity contribution in [3.63, 3.8) is 0 Å². The standard InChI is InChI=1S/C28H24N2O3/c1-18(19-8-4-3-5-9-19)30-16-23-25(32-17-30)13-12-22-27(31)26(33-28(22)23)14-20-15-29(2)24-11-7-6-10-21(20)24/h3-15,18H,16-17H2,1-2H3/b26-14-. The second-order valence-corrected chi connectivity index (χ2v) is 8.68. The molecule has 2 aliphatic heterocycles. The molecular formula is C28H24N2O3. The molecule has 0 fully saturated rings. The lowest BCUT2D eigenvalue weighted by molar-refractivity contribution is 0.0606. The quantitative estimate of drug-likeness (QED) is 0.386. The molecule has 4 aromatic rings. The highest BCUT2D eigenvalue weighted by Crippen LogP contribution is 2.43. The van der Waals surface area contributed by atoms with Gasteiger partial charge < -0.3 is 14.0 Å². The van der Waals surface area contributed by atoms with Crippen molar-refractivity contribution in [3.05, 3.63) is 101 Å². The van der Waals surface area contributed by atoms with Crippen LogP contribution in [0.4, 0.5) is 0 Å². The van der Waals surface area contributed by atoms with E-state index in [1.165, 1.54) is 5.56 Å². The van der Waals surface area contributed by atoms with Gasteiger partial charge in [0, 0.05) is 42.3 Å². The van der Waals surface area contributed by atoms with Gasteiger partial charge in [-0.2, -0.15) is 0 Å². The van der Waals surface area contributed by atoms with Crippen LogP contribution in [0.25, 0.3) is 17.0 Å². The number of hydrogen-bond acceptors (Lipinski definition) is 4. The van der Waals surface area contributed by atoms with Crippen molar-refractivity contribution in [2.24, 2.45) is 7.05 Å². The number of carbonyl (C=O) groups is 1. The van der Waals surface area contributed by atoms with Crippen molar-refractivity contribution in [3.8, 4) is 11.5 Å². The number of ether oxygens (including phenoxy) is 2. The number of para-hydroxylation sites is 1. The van der Waals surface area contributed by atoms with E-state index in [1.807, 2.05) is 49.7 Å². The normalized spacial score (nSPS) is 17.5. The van der Waals surface area contributed by atoms with Crippen LogP contribution in [0.5, 0.6) is 11.5 Å². The third kappa shape index (κ3) is 3.24. The molecule has 0 bridgehead atoms. The second-order valence-electron chi connectivity index (χ2n) is 8.68. The van der Waals surface area contributed by atoms with Crippen LogP contribution in [-0.4, -0.2) is 22.0 Å². The SMILES string of the molecule is CC(c1ccccc1)N1COc2ccc3c(c2C1)O/C(=C\c1cn(C)c2ccccc12)C3=O. The minimum atomic E-state index is -0.0889. The highest BCUT2D eigenvalue weighted by Gasteiger charge is 2.34. The van der Waals surface area contributed by atoms with Crippen LogP contribution >= 0.6 is 0 Å². The summed E-state index contributed by atoms with van der Waals surface area (Å²) < 4.78 is 14.3. The lowest BCUT2D eigenvalue weighted by atomic mass is 10.0. The molecule has 33 heavy (non-hydrogen) atoms. The van der Waals surface area contributed by atoms with Crippen LogP contribution in [0.1, 0.15) is 40.0 Å². The van der Waals surface area contributed by atoms with Gasteiger partial charge in [-0.1, -0.05) is 48.5 Å². The summed E-state index contributed by atoms with van der Waals surface area (Å²) in [4.78, 5) is 15.5. The van der Waals surface area contributed by atoms with Gasteiger partial charge in [0.1, 0.15) is 18.2 Å². The average Bonchev–Trinajstić information content (AvgIpc) is 3.35. The maximum atomic E-state index is 13.2. The topological polar surface area (TPSA) is 43.7 Å². The number of carbonyl (C=O) groups excluding carboxylic acids is 1. The fourth-order valence-electron chi connectivity index (χ4n) is 4.80. The van der Waals surface area contributed by atoms with Gasteiger partial charge in [0.25, 0.3) is 0 Å². The zero-order valence-electron chi connectivity index (χ0n) is 18.6. The summed E-state index contributed by atoms with van der Waals surface area (Å²) in [7, 11) is 2.01. The first-order valence-electron chi connectivity index (χ1n) is 11.2. The van der Waals surface area contributed by atoms with Crippen LogP contribution in [0.3, 0.4) is 0 Å². The number of hydrogen-bond donors (Lipinski definition) is 0. The summed E-state index contributed by atoms with van der Waals surface area (Å²) in [5, 5.41) is 1.09. The van der Waals surface area contributed by atoms with Gasteiger partial charge in [-0.3, -0.25) is 9.69 Å². The van der Waals surface area contributed by atoms with Crippen LogP contribution in [0.2, 0.25) is 0 Å². The molecule has 5 heteroatoms. The number of aryl methyl sites for hydroxylation is 1. The maximum absolute atomic E-state index is 13.2. The van der Waals surface area contributed by atoms with Crippen LogP contribution in [0.15, 0.2) is 78.7 Å². The number of benzene rings is 3. The molecule has 1 aromatic heterocycles. The molecule has 0 radical (unpaired) electrons. The van der Waals surface area contributed by atoms with E-state index in [-0.39, 0.29) is 11.8 Å². The minimum absolute atomic E-state index is 0.0889. The first kappa shape index (κ1) is 19.8. The number of fused-ring (bicyclic) bond motifs is 4. The van der Waals surface area contributed by atoms with E-state index in [1.54, 1.807) is 0 Å². The summed E-state index contributed by atoms with van der Waals surface area (Å²) in [5.41, 5.74) is 4.83. The number of rotatable bonds is 3. The zero-order chi connectivity index (χ0) is 22.5. The molecule has 6 rings (SSSR count). The van der Waals surface area contributed by atoms with Gasteiger partial charge in [-0.25, -0.2) is 0 Å². The van der Waals surface area contributed by atoms with E-state index in [2.05, 4.69) is 52.8 Å². The Hall–Kier alpha value is -3.83. The largest absolute Gasteiger partial charge is 0.478 e. The van der Waals surface area contributed by atoms with Crippen molar-refractivity contribution in [1.82, 2.24) is 9.47 Å². The first-order valence-corrected chi connectivity index (χ1v) is 11.2. The second kappa shape index (κ2) is 7.64. The fraction of sp³-hybridized carbons (Fsp3) is 0.179. The smallest absolute Gasteiger partial charge is 0.231 e. The number of nitrogens with zero attached hydrogens (tertiary/aromatic N) is 2. The summed E-state index contributed by atoms with van der Waals surface area (Å²) in [6.45, 7) is 3.32. The molecule has 5 nitrogen and oxygen atoms in total. The van der Waals surface area contributed by atoms with Crippen LogP contribution in [0, 0.1) is 0 Å². The van der Waals surface area contributed by atoms with Crippen LogP contribution < -0.4 is 9.47 Å². The van der Waals surface area contributed by atoms with Crippen molar-refractivity contribution in [1.29, 1.82) is 0 Å². The van der Waals surface area contributed by atoms with Gasteiger partial charge in [0.2, 0.25) is 5.78 Å². The van der Waals surface area contributed by atoms with Gasteiger partial charge >= 0.3 is 0 Å². The highest BCUT2D eigenvalue weighted by atomic mass is 16.5. The Kier molecular flexibility index (Phi) is 4.59. The molecule has 0 saturated heterocycles. The fourth-order valence-corrected chi connectivity index (χ4v) is 4.80. The molecule has 3 heterocycles. The molecule has 0 amide bonds. The highest BCUT2D eigenvalue weighted by molar-refractivity contribution is 6.15. The summed E-state index contributed by atoms with van der Waals surface area (Å²) in [5.74, 6) is 1.66. The Morgan fingerprint density at radius 3 is 2.64 bits per heavy atom. The predicted octanol–water partition coefficient (Wildman–Crippen LogP) is 5.71. The van der Waals surface area contributed by atoms with E-state index in [0.717, 1.165) is 27.8 Å². The van der Waals surface area contributed by atoms with Gasteiger partial charge in [0.05, 0.1) is 11.1 Å². The molecule has 1 atom stereocenters. The van der Waals surface area contributed by atoms with Crippen LogP contribution in [-0.2, 0) is 13.6 Å². The monoisotopic (exact) mass is 436 g/mol. The Labute approximate surface area is 192 Å². The van der Waals surface area contributed by atoms with Crippen molar-refractivity contribution in [2.45, 2.75) is 19.5 Å². The summed E-state index contributed by atoms with van der Waals surface area (Å²) >= 11 is 0. The third-order valence-corrected chi connectivity index (χ3v) is 6.69. The lowest BCUT2D eigenvalue weighted by Gasteiger charge is -2.34. The molecule has 2 aliphatic rings. The molecule has 0 saturated carbocycles. The van der Waals surface area contributed by atoms with Gasteiger partial charge in [-0.05, 0) is 36.8 Å². The summed E-state index contributed by atoms with van der Waals surface area (Å²) in [6.07, 6.45) is 3.88. The van der Waals surface area contributed by atoms with E-state index in [0.29, 0.717) is 30.3 Å². The Bertz CT molecular complexity index is 1420.